The van der Waals surface area contributed by atoms with Crippen LogP contribution in [0.2, 0.25) is 0 Å². The Morgan fingerprint density at radius 2 is 1.85 bits per heavy atom. The van der Waals surface area contributed by atoms with Gasteiger partial charge in [-0.25, -0.2) is 9.78 Å². The predicted molar refractivity (Wildman–Crippen MR) is 109 cm³/mol. The van der Waals surface area contributed by atoms with E-state index in [9.17, 15) is 9.59 Å². The molecule has 0 radical (unpaired) electrons. The zero-order valence-electron chi connectivity index (χ0n) is 15.7. The van der Waals surface area contributed by atoms with Crippen LogP contribution >= 0.6 is 11.3 Å². The van der Waals surface area contributed by atoms with Crippen molar-refractivity contribution in [2.45, 2.75) is 57.9 Å². The number of nitrogens with one attached hydrogen (secondary N) is 3. The van der Waals surface area contributed by atoms with Gasteiger partial charge in [0.15, 0.2) is 5.13 Å². The van der Waals surface area contributed by atoms with Crippen molar-refractivity contribution < 1.29 is 9.59 Å². The van der Waals surface area contributed by atoms with Crippen LogP contribution in [0.1, 0.15) is 56.7 Å². The van der Waals surface area contributed by atoms with Crippen LogP contribution in [-0.2, 0) is 11.2 Å². The number of benzene rings is 1. The van der Waals surface area contributed by atoms with E-state index in [1.54, 1.807) is 5.38 Å². The monoisotopic (exact) mass is 386 g/mol. The van der Waals surface area contributed by atoms with Gasteiger partial charge in [-0.15, -0.1) is 11.3 Å². The molecule has 7 heteroatoms. The molecule has 0 saturated heterocycles. The Bertz CT molecular complexity index is 780. The quantitative estimate of drug-likeness (QED) is 0.683. The minimum atomic E-state index is -0.225. The lowest BCUT2D eigenvalue weighted by Gasteiger charge is -2.11. The zero-order chi connectivity index (χ0) is 19.2. The minimum absolute atomic E-state index is 0.125. The van der Waals surface area contributed by atoms with Crippen molar-refractivity contribution >= 4 is 34.1 Å². The highest BCUT2D eigenvalue weighted by Gasteiger charge is 2.17. The summed E-state index contributed by atoms with van der Waals surface area (Å²) < 4.78 is 0. The maximum absolute atomic E-state index is 12.2. The Hall–Kier alpha value is -2.41. The molecule has 1 heterocycles. The van der Waals surface area contributed by atoms with Crippen LogP contribution < -0.4 is 16.0 Å². The van der Waals surface area contributed by atoms with Crippen LogP contribution in [0.25, 0.3) is 0 Å². The molecular weight excluding hydrogens is 360 g/mol. The summed E-state index contributed by atoms with van der Waals surface area (Å²) in [6.45, 7) is 4.27. The van der Waals surface area contributed by atoms with Gasteiger partial charge in [0.2, 0.25) is 5.91 Å². The lowest BCUT2D eigenvalue weighted by Crippen LogP contribution is -2.36. The van der Waals surface area contributed by atoms with Gasteiger partial charge >= 0.3 is 6.03 Å². The normalized spacial score (nSPS) is 14.3. The molecular formula is C20H26N4O2S. The molecule has 0 atom stereocenters. The summed E-state index contributed by atoms with van der Waals surface area (Å²) in [7, 11) is 0. The van der Waals surface area contributed by atoms with Crippen LogP contribution in [0.4, 0.5) is 15.6 Å². The van der Waals surface area contributed by atoms with Crippen molar-refractivity contribution in [3.63, 3.8) is 0 Å². The lowest BCUT2D eigenvalue weighted by atomic mass is 10.0. The maximum atomic E-state index is 12.2. The number of urea groups is 1. The third kappa shape index (κ3) is 5.79. The van der Waals surface area contributed by atoms with E-state index >= 15 is 0 Å². The van der Waals surface area contributed by atoms with Crippen molar-refractivity contribution in [2.24, 2.45) is 0 Å². The zero-order valence-corrected chi connectivity index (χ0v) is 16.6. The lowest BCUT2D eigenvalue weighted by molar-refractivity contribution is -0.115. The van der Waals surface area contributed by atoms with Crippen LogP contribution in [-0.4, -0.2) is 23.0 Å². The fourth-order valence-electron chi connectivity index (χ4n) is 3.16. The predicted octanol–water partition coefficient (Wildman–Crippen LogP) is 4.51. The molecule has 0 unspecified atom stereocenters. The molecule has 1 fully saturated rings. The number of hydrogen-bond donors (Lipinski definition) is 3. The summed E-state index contributed by atoms with van der Waals surface area (Å²) in [5.41, 5.74) is 2.65. The molecule has 144 valence electrons. The van der Waals surface area contributed by atoms with Gasteiger partial charge < -0.3 is 10.6 Å². The summed E-state index contributed by atoms with van der Waals surface area (Å²) >= 11 is 1.33. The average Bonchev–Trinajstić information content (AvgIpc) is 3.27. The van der Waals surface area contributed by atoms with Crippen LogP contribution in [0.5, 0.6) is 0 Å². The second kappa shape index (κ2) is 8.99. The number of amides is 3. The van der Waals surface area contributed by atoms with Crippen LogP contribution in [0, 0.1) is 0 Å². The summed E-state index contributed by atoms with van der Waals surface area (Å²) in [6, 6.07) is 7.90. The summed E-state index contributed by atoms with van der Waals surface area (Å²) in [6.07, 6.45) is 4.58. The molecule has 3 amide bonds. The molecule has 3 N–H and O–H groups in total. The first kappa shape index (κ1) is 19.4. The second-order valence-electron chi connectivity index (χ2n) is 7.23. The number of aromatic nitrogens is 1. The Labute approximate surface area is 163 Å². The average molecular weight is 387 g/mol. The molecule has 27 heavy (non-hydrogen) atoms. The molecule has 1 aliphatic carbocycles. The third-order valence-electron chi connectivity index (χ3n) is 4.67. The van der Waals surface area contributed by atoms with E-state index < -0.39 is 0 Å². The molecule has 1 saturated carbocycles. The summed E-state index contributed by atoms with van der Waals surface area (Å²) in [4.78, 5) is 28.5. The van der Waals surface area contributed by atoms with Gasteiger partial charge in [0.1, 0.15) is 0 Å². The molecule has 0 aliphatic heterocycles. The number of anilines is 2. The Balaban J connectivity index is 1.47. The van der Waals surface area contributed by atoms with Gasteiger partial charge in [-0.05, 0) is 36.5 Å². The largest absolute Gasteiger partial charge is 0.335 e. The highest BCUT2D eigenvalue weighted by atomic mass is 32.1. The molecule has 3 rings (SSSR count). The van der Waals surface area contributed by atoms with E-state index in [1.807, 2.05) is 24.3 Å². The van der Waals surface area contributed by atoms with E-state index in [0.717, 1.165) is 18.5 Å². The van der Waals surface area contributed by atoms with Gasteiger partial charge in [-0.3, -0.25) is 10.1 Å². The minimum Gasteiger partial charge on any atom is -0.335 e. The maximum Gasteiger partial charge on any atom is 0.321 e. The van der Waals surface area contributed by atoms with E-state index in [1.165, 1.54) is 29.7 Å². The number of thiazole rings is 1. The van der Waals surface area contributed by atoms with Gasteiger partial charge in [0.05, 0.1) is 12.1 Å². The first-order valence-corrected chi connectivity index (χ1v) is 10.3. The van der Waals surface area contributed by atoms with Gasteiger partial charge in [0.25, 0.3) is 0 Å². The third-order valence-corrected chi connectivity index (χ3v) is 5.47. The van der Waals surface area contributed by atoms with Crippen LogP contribution in [0.15, 0.2) is 29.6 Å². The number of hydrogen-bond acceptors (Lipinski definition) is 4. The fourth-order valence-corrected chi connectivity index (χ4v) is 3.86. The van der Waals surface area contributed by atoms with Crippen molar-refractivity contribution in [3.8, 4) is 0 Å². The van der Waals surface area contributed by atoms with E-state index in [-0.39, 0.29) is 24.4 Å². The SMILES string of the molecule is CC(C)c1ccc(NC(=O)Cc2csc(NC(=O)NC3CCCC3)n2)cc1. The number of rotatable bonds is 6. The van der Waals surface area contributed by atoms with Gasteiger partial charge in [0, 0.05) is 17.1 Å². The number of carbonyl (C=O) groups is 2. The molecule has 1 aliphatic rings. The van der Waals surface area contributed by atoms with Crippen molar-refractivity contribution in [1.29, 1.82) is 0 Å². The van der Waals surface area contributed by atoms with Crippen LogP contribution in [0.3, 0.4) is 0 Å². The first-order chi connectivity index (χ1) is 13.0. The van der Waals surface area contributed by atoms with Gasteiger partial charge in [-0.1, -0.05) is 38.8 Å². The highest BCUT2D eigenvalue weighted by Crippen LogP contribution is 2.20. The molecule has 0 spiro atoms. The van der Waals surface area contributed by atoms with Gasteiger partial charge in [-0.2, -0.15) is 0 Å². The molecule has 2 aromatic rings. The van der Waals surface area contributed by atoms with Crippen molar-refractivity contribution in [1.82, 2.24) is 10.3 Å². The second-order valence-corrected chi connectivity index (χ2v) is 8.08. The van der Waals surface area contributed by atoms with E-state index in [2.05, 4.69) is 34.8 Å². The van der Waals surface area contributed by atoms with E-state index in [4.69, 9.17) is 0 Å². The standard InChI is InChI=1S/C20H26N4O2S/c1-13(2)14-7-9-16(10-8-14)21-18(25)11-17-12-27-20(23-17)24-19(26)22-15-5-3-4-6-15/h7-10,12-13,15H,3-6,11H2,1-2H3,(H,21,25)(H2,22,23,24,26). The Kier molecular flexibility index (Phi) is 6.45. The summed E-state index contributed by atoms with van der Waals surface area (Å²) in [5.74, 6) is 0.334. The van der Waals surface area contributed by atoms with Crippen molar-refractivity contribution in [3.05, 3.63) is 40.9 Å². The Morgan fingerprint density at radius 1 is 1.15 bits per heavy atom. The molecule has 1 aromatic heterocycles. The summed E-state index contributed by atoms with van der Waals surface area (Å²) in [5, 5.41) is 10.9. The Morgan fingerprint density at radius 3 is 2.52 bits per heavy atom. The highest BCUT2D eigenvalue weighted by molar-refractivity contribution is 7.13. The first-order valence-electron chi connectivity index (χ1n) is 9.41. The fraction of sp³-hybridized carbons (Fsp3) is 0.450. The van der Waals surface area contributed by atoms with E-state index in [0.29, 0.717) is 16.7 Å². The molecule has 6 nitrogen and oxygen atoms in total. The number of nitrogens with zero attached hydrogens (tertiary/aromatic N) is 1. The molecule has 1 aromatic carbocycles. The van der Waals surface area contributed by atoms with Crippen molar-refractivity contribution in [2.75, 3.05) is 10.6 Å². The topological polar surface area (TPSA) is 83.1 Å². The molecule has 0 bridgehead atoms. The number of carbonyl (C=O) groups excluding carboxylic acids is 2. The smallest absolute Gasteiger partial charge is 0.321 e.